The lowest BCUT2D eigenvalue weighted by Crippen LogP contribution is -2.53. The third-order valence-corrected chi connectivity index (χ3v) is 4.53. The van der Waals surface area contributed by atoms with E-state index in [9.17, 15) is 4.79 Å². The van der Waals surface area contributed by atoms with Gasteiger partial charge in [0.15, 0.2) is 0 Å². The van der Waals surface area contributed by atoms with Crippen LogP contribution >= 0.6 is 36.2 Å². The number of hydrogen-bond donors (Lipinski definition) is 2. The predicted octanol–water partition coefficient (Wildman–Crippen LogP) is 2.55. The molecule has 0 aliphatic heterocycles. The maximum Gasteiger partial charge on any atom is 0.224 e. The van der Waals surface area contributed by atoms with Gasteiger partial charge in [-0.15, -0.1) is 36.2 Å². The van der Waals surface area contributed by atoms with E-state index in [2.05, 4.69) is 10.3 Å². The molecule has 0 saturated heterocycles. The van der Waals surface area contributed by atoms with Gasteiger partial charge in [-0.25, -0.2) is 4.98 Å². The lowest BCUT2D eigenvalue weighted by molar-refractivity contribution is -0.128. The molecular weight excluding hydrogens is 317 g/mol. The first-order valence-corrected chi connectivity index (χ1v) is 7.42. The summed E-state index contributed by atoms with van der Waals surface area (Å²) in [4.78, 5) is 16.3. The smallest absolute Gasteiger partial charge is 0.224 e. The van der Waals surface area contributed by atoms with E-state index in [4.69, 9.17) is 5.73 Å². The third-order valence-electron chi connectivity index (χ3n) is 3.69. The van der Waals surface area contributed by atoms with Crippen LogP contribution < -0.4 is 11.1 Å². The van der Waals surface area contributed by atoms with Gasteiger partial charge in [-0.1, -0.05) is 12.8 Å². The Morgan fingerprint density at radius 3 is 2.90 bits per heavy atom. The number of carbonyl (C=O) groups is 1. The number of carbonyl (C=O) groups excluding carboxylic acids is 1. The minimum Gasteiger partial charge on any atom is -0.355 e. The first kappa shape index (κ1) is 19.6. The van der Waals surface area contributed by atoms with Crippen molar-refractivity contribution in [2.24, 2.45) is 11.7 Å². The minimum absolute atomic E-state index is 0. The molecule has 116 valence electrons. The molecule has 1 aromatic heterocycles. The second kappa shape index (κ2) is 8.82. The molecule has 2 unspecified atom stereocenters. The van der Waals surface area contributed by atoms with Crippen LogP contribution in [-0.2, 0) is 11.2 Å². The van der Waals surface area contributed by atoms with Crippen molar-refractivity contribution in [1.82, 2.24) is 10.3 Å². The molecule has 0 aromatic carbocycles. The van der Waals surface area contributed by atoms with E-state index in [0.717, 1.165) is 37.1 Å². The average Bonchev–Trinajstić information content (AvgIpc) is 2.81. The van der Waals surface area contributed by atoms with E-state index in [1.54, 1.807) is 17.5 Å². The maximum atomic E-state index is 12.1. The van der Waals surface area contributed by atoms with Gasteiger partial charge in [0.25, 0.3) is 0 Å². The Morgan fingerprint density at radius 1 is 1.55 bits per heavy atom. The molecule has 1 saturated carbocycles. The molecule has 1 aromatic rings. The van der Waals surface area contributed by atoms with Gasteiger partial charge in [-0.2, -0.15) is 0 Å². The standard InChI is InChI=1S/C13H21N3OS.2ClH/c1-13(14)6-3-2-4-10(13)12(17)16-7-5-11-15-8-9-18-11;;/h8-10H,2-7,14H2,1H3,(H,16,17);2*1H. The molecule has 1 aliphatic rings. The molecular formula is C13H23Cl2N3OS. The van der Waals surface area contributed by atoms with E-state index in [0.29, 0.717) is 6.54 Å². The zero-order valence-electron chi connectivity index (χ0n) is 11.6. The number of nitrogens with two attached hydrogens (primary N) is 1. The Bertz CT molecular complexity index is 398. The Hall–Kier alpha value is -0.360. The third kappa shape index (κ3) is 5.20. The van der Waals surface area contributed by atoms with Gasteiger partial charge in [0, 0.05) is 30.1 Å². The van der Waals surface area contributed by atoms with Gasteiger partial charge in [0.05, 0.1) is 10.9 Å². The normalized spacial score (nSPS) is 25.2. The molecule has 2 rings (SSSR count). The summed E-state index contributed by atoms with van der Waals surface area (Å²) in [5.41, 5.74) is 5.87. The number of nitrogens with one attached hydrogen (secondary N) is 1. The summed E-state index contributed by atoms with van der Waals surface area (Å²) in [6.07, 6.45) is 6.69. The second-order valence-electron chi connectivity index (χ2n) is 5.27. The molecule has 2 atom stereocenters. The second-order valence-corrected chi connectivity index (χ2v) is 6.25. The quantitative estimate of drug-likeness (QED) is 0.885. The van der Waals surface area contributed by atoms with E-state index < -0.39 is 0 Å². The van der Waals surface area contributed by atoms with Gasteiger partial charge in [0.1, 0.15) is 0 Å². The van der Waals surface area contributed by atoms with Crippen molar-refractivity contribution in [1.29, 1.82) is 0 Å². The molecule has 1 aliphatic carbocycles. The number of aromatic nitrogens is 1. The minimum atomic E-state index is -0.344. The largest absolute Gasteiger partial charge is 0.355 e. The van der Waals surface area contributed by atoms with Crippen LogP contribution in [0.15, 0.2) is 11.6 Å². The van der Waals surface area contributed by atoms with Gasteiger partial charge in [-0.3, -0.25) is 4.79 Å². The summed E-state index contributed by atoms with van der Waals surface area (Å²) in [6.45, 7) is 2.65. The molecule has 0 spiro atoms. The van der Waals surface area contributed by atoms with Crippen molar-refractivity contribution in [3.63, 3.8) is 0 Å². The molecule has 1 fully saturated rings. The first-order chi connectivity index (χ1) is 8.59. The van der Waals surface area contributed by atoms with Gasteiger partial charge < -0.3 is 11.1 Å². The molecule has 0 radical (unpaired) electrons. The highest BCUT2D eigenvalue weighted by Gasteiger charge is 2.37. The Labute approximate surface area is 136 Å². The number of rotatable bonds is 4. The lowest BCUT2D eigenvalue weighted by Gasteiger charge is -2.37. The fourth-order valence-corrected chi connectivity index (χ4v) is 3.20. The number of thiazole rings is 1. The van der Waals surface area contributed by atoms with E-state index >= 15 is 0 Å². The Morgan fingerprint density at radius 2 is 2.30 bits per heavy atom. The monoisotopic (exact) mass is 339 g/mol. The van der Waals surface area contributed by atoms with Crippen LogP contribution in [0.1, 0.15) is 37.6 Å². The average molecular weight is 340 g/mol. The first-order valence-electron chi connectivity index (χ1n) is 6.54. The van der Waals surface area contributed by atoms with Crippen LogP contribution in [0.3, 0.4) is 0 Å². The number of halogens is 2. The fraction of sp³-hybridized carbons (Fsp3) is 0.692. The topological polar surface area (TPSA) is 68.0 Å². The van der Waals surface area contributed by atoms with Crippen LogP contribution in [0.5, 0.6) is 0 Å². The van der Waals surface area contributed by atoms with Gasteiger partial charge >= 0.3 is 0 Å². The highest BCUT2D eigenvalue weighted by atomic mass is 35.5. The van der Waals surface area contributed by atoms with Crippen molar-refractivity contribution in [2.45, 2.75) is 44.6 Å². The molecule has 0 bridgehead atoms. The van der Waals surface area contributed by atoms with Crippen molar-refractivity contribution in [2.75, 3.05) is 6.54 Å². The van der Waals surface area contributed by atoms with Crippen LogP contribution in [0, 0.1) is 5.92 Å². The lowest BCUT2D eigenvalue weighted by atomic mass is 9.74. The van der Waals surface area contributed by atoms with Gasteiger partial charge in [0.2, 0.25) is 5.91 Å². The maximum absolute atomic E-state index is 12.1. The highest BCUT2D eigenvalue weighted by molar-refractivity contribution is 7.09. The fourth-order valence-electron chi connectivity index (χ4n) is 2.58. The van der Waals surface area contributed by atoms with E-state index in [-0.39, 0.29) is 42.2 Å². The SMILES string of the molecule is CC1(N)CCCCC1C(=O)NCCc1nccs1.Cl.Cl. The molecule has 3 N–H and O–H groups in total. The molecule has 20 heavy (non-hydrogen) atoms. The summed E-state index contributed by atoms with van der Waals surface area (Å²) >= 11 is 1.62. The summed E-state index contributed by atoms with van der Waals surface area (Å²) < 4.78 is 0. The zero-order chi connectivity index (χ0) is 13.0. The summed E-state index contributed by atoms with van der Waals surface area (Å²) in [5.74, 6) is 0.0683. The van der Waals surface area contributed by atoms with Crippen LogP contribution in [0.4, 0.5) is 0 Å². The summed E-state index contributed by atoms with van der Waals surface area (Å²) in [5, 5.41) is 6.01. The van der Waals surface area contributed by atoms with E-state index in [1.807, 2.05) is 12.3 Å². The van der Waals surface area contributed by atoms with Crippen molar-refractivity contribution in [3.05, 3.63) is 16.6 Å². The van der Waals surface area contributed by atoms with Crippen molar-refractivity contribution in [3.8, 4) is 0 Å². The van der Waals surface area contributed by atoms with Crippen LogP contribution in [0.2, 0.25) is 0 Å². The number of nitrogens with zero attached hydrogens (tertiary/aromatic N) is 1. The Kier molecular flexibility index (Phi) is 8.66. The molecule has 7 heteroatoms. The van der Waals surface area contributed by atoms with Crippen molar-refractivity contribution >= 4 is 42.1 Å². The molecule has 1 amide bonds. The van der Waals surface area contributed by atoms with Crippen molar-refractivity contribution < 1.29 is 4.79 Å². The summed E-state index contributed by atoms with van der Waals surface area (Å²) in [6, 6.07) is 0. The number of hydrogen-bond acceptors (Lipinski definition) is 4. The number of amides is 1. The van der Waals surface area contributed by atoms with E-state index in [1.165, 1.54) is 0 Å². The summed E-state index contributed by atoms with van der Waals surface area (Å²) in [7, 11) is 0. The van der Waals surface area contributed by atoms with Crippen LogP contribution in [0.25, 0.3) is 0 Å². The Balaban J connectivity index is 0.00000180. The highest BCUT2D eigenvalue weighted by Crippen LogP contribution is 2.31. The zero-order valence-corrected chi connectivity index (χ0v) is 14.1. The van der Waals surface area contributed by atoms with Gasteiger partial charge in [-0.05, 0) is 19.8 Å². The van der Waals surface area contributed by atoms with Crippen LogP contribution in [-0.4, -0.2) is 23.0 Å². The molecule has 4 nitrogen and oxygen atoms in total. The molecule has 1 heterocycles. The predicted molar refractivity (Wildman–Crippen MR) is 87.9 cm³/mol.